The lowest BCUT2D eigenvalue weighted by Gasteiger charge is -2.11. The van der Waals surface area contributed by atoms with E-state index >= 15 is 0 Å². The Morgan fingerprint density at radius 3 is 2.54 bits per heavy atom. The number of aryl methyl sites for hydroxylation is 1. The summed E-state index contributed by atoms with van der Waals surface area (Å²) in [6, 6.07) is 7.24. The fourth-order valence-corrected chi connectivity index (χ4v) is 3.00. The number of ether oxygens (including phenoxy) is 1. The SMILES string of the molecule is CCOc1ccccc1NC(=O)CSCC(=O)Nc1nnc(C)s1. The molecule has 9 heteroatoms. The van der Waals surface area contributed by atoms with Crippen LogP contribution >= 0.6 is 23.1 Å². The van der Waals surface area contributed by atoms with Crippen molar-refractivity contribution >= 4 is 45.7 Å². The van der Waals surface area contributed by atoms with Crippen LogP contribution in [0.5, 0.6) is 5.75 Å². The lowest BCUT2D eigenvalue weighted by molar-refractivity contribution is -0.114. The first kappa shape index (κ1) is 18.2. The molecule has 0 saturated heterocycles. The van der Waals surface area contributed by atoms with Gasteiger partial charge in [-0.15, -0.1) is 22.0 Å². The molecule has 0 fully saturated rings. The molecule has 0 aliphatic carbocycles. The van der Waals surface area contributed by atoms with Crippen LogP contribution < -0.4 is 15.4 Å². The fraction of sp³-hybridized carbons (Fsp3) is 0.333. The molecule has 0 radical (unpaired) electrons. The van der Waals surface area contributed by atoms with Gasteiger partial charge in [0, 0.05) is 0 Å². The minimum atomic E-state index is -0.210. The minimum absolute atomic E-state index is 0.166. The third kappa shape index (κ3) is 5.82. The number of nitrogens with one attached hydrogen (secondary N) is 2. The molecule has 0 spiro atoms. The van der Waals surface area contributed by atoms with E-state index in [1.54, 1.807) is 12.1 Å². The summed E-state index contributed by atoms with van der Waals surface area (Å²) in [5.74, 6) is 0.565. The van der Waals surface area contributed by atoms with E-state index in [-0.39, 0.29) is 23.3 Å². The van der Waals surface area contributed by atoms with Crippen LogP contribution in [0.3, 0.4) is 0 Å². The lowest BCUT2D eigenvalue weighted by Crippen LogP contribution is -2.18. The van der Waals surface area contributed by atoms with Crippen molar-refractivity contribution in [2.75, 3.05) is 28.7 Å². The molecule has 1 aromatic carbocycles. The maximum Gasteiger partial charge on any atom is 0.236 e. The summed E-state index contributed by atoms with van der Waals surface area (Å²) in [6.07, 6.45) is 0. The zero-order valence-electron chi connectivity index (χ0n) is 13.4. The van der Waals surface area contributed by atoms with Gasteiger partial charge in [0.1, 0.15) is 10.8 Å². The van der Waals surface area contributed by atoms with Gasteiger partial charge in [0.15, 0.2) is 0 Å². The topological polar surface area (TPSA) is 93.2 Å². The Hall–Kier alpha value is -2.13. The number of anilines is 2. The summed E-state index contributed by atoms with van der Waals surface area (Å²) in [4.78, 5) is 23.7. The van der Waals surface area contributed by atoms with Gasteiger partial charge in [0.2, 0.25) is 16.9 Å². The van der Waals surface area contributed by atoms with Crippen LogP contribution in [-0.2, 0) is 9.59 Å². The molecule has 0 bridgehead atoms. The Bertz CT molecular complexity index is 706. The van der Waals surface area contributed by atoms with E-state index in [1.807, 2.05) is 26.0 Å². The van der Waals surface area contributed by atoms with Gasteiger partial charge in [-0.05, 0) is 26.0 Å². The average Bonchev–Trinajstić information content (AvgIpc) is 2.94. The highest BCUT2D eigenvalue weighted by Crippen LogP contribution is 2.23. The number of thioether (sulfide) groups is 1. The van der Waals surface area contributed by atoms with E-state index in [4.69, 9.17) is 4.74 Å². The first-order valence-electron chi connectivity index (χ1n) is 7.28. The third-order valence-electron chi connectivity index (χ3n) is 2.70. The summed E-state index contributed by atoms with van der Waals surface area (Å²) in [6.45, 7) is 4.21. The van der Waals surface area contributed by atoms with Crippen LogP contribution in [0.15, 0.2) is 24.3 Å². The van der Waals surface area contributed by atoms with Gasteiger partial charge < -0.3 is 10.1 Å². The first-order chi connectivity index (χ1) is 11.6. The molecule has 2 rings (SSSR count). The number of hydrogen-bond acceptors (Lipinski definition) is 7. The fourth-order valence-electron chi connectivity index (χ4n) is 1.78. The van der Waals surface area contributed by atoms with Gasteiger partial charge in [0.05, 0.1) is 23.8 Å². The zero-order valence-corrected chi connectivity index (χ0v) is 15.0. The number of nitrogens with zero attached hydrogens (tertiary/aromatic N) is 2. The van der Waals surface area contributed by atoms with Gasteiger partial charge in [0.25, 0.3) is 0 Å². The van der Waals surface area contributed by atoms with Gasteiger partial charge >= 0.3 is 0 Å². The highest BCUT2D eigenvalue weighted by molar-refractivity contribution is 8.00. The Morgan fingerprint density at radius 1 is 1.17 bits per heavy atom. The van der Waals surface area contributed by atoms with E-state index in [1.165, 1.54) is 23.1 Å². The van der Waals surface area contributed by atoms with E-state index in [2.05, 4.69) is 20.8 Å². The minimum Gasteiger partial charge on any atom is -0.492 e. The Balaban J connectivity index is 1.74. The van der Waals surface area contributed by atoms with Crippen LogP contribution in [0.4, 0.5) is 10.8 Å². The number of amides is 2. The second-order valence-corrected chi connectivity index (χ2v) is 6.81. The summed E-state index contributed by atoms with van der Waals surface area (Å²) in [7, 11) is 0. The summed E-state index contributed by atoms with van der Waals surface area (Å²) in [5.41, 5.74) is 0.624. The van der Waals surface area contributed by atoms with Gasteiger partial charge in [-0.3, -0.25) is 14.9 Å². The molecule has 128 valence electrons. The number of benzene rings is 1. The Kier molecular flexibility index (Phi) is 7.01. The number of carbonyl (C=O) groups is 2. The zero-order chi connectivity index (χ0) is 17.4. The van der Waals surface area contributed by atoms with E-state index < -0.39 is 0 Å². The van der Waals surface area contributed by atoms with Crippen molar-refractivity contribution in [2.24, 2.45) is 0 Å². The predicted octanol–water partition coefficient (Wildman–Crippen LogP) is 2.56. The molecule has 2 N–H and O–H groups in total. The lowest BCUT2D eigenvalue weighted by atomic mass is 10.3. The molecule has 2 aromatic rings. The van der Waals surface area contributed by atoms with Crippen molar-refractivity contribution in [2.45, 2.75) is 13.8 Å². The number of hydrogen-bond donors (Lipinski definition) is 2. The van der Waals surface area contributed by atoms with Crippen LogP contribution in [0.1, 0.15) is 11.9 Å². The van der Waals surface area contributed by atoms with Gasteiger partial charge in [-0.1, -0.05) is 23.5 Å². The van der Waals surface area contributed by atoms with Crippen LogP contribution in [0.2, 0.25) is 0 Å². The Labute approximate surface area is 148 Å². The van der Waals surface area contributed by atoms with Gasteiger partial charge in [-0.25, -0.2) is 0 Å². The van der Waals surface area contributed by atoms with Crippen LogP contribution in [-0.4, -0.2) is 40.1 Å². The van der Waals surface area contributed by atoms with E-state index in [0.717, 1.165) is 5.01 Å². The number of aromatic nitrogens is 2. The van der Waals surface area contributed by atoms with Crippen molar-refractivity contribution < 1.29 is 14.3 Å². The summed E-state index contributed by atoms with van der Waals surface area (Å²) in [5, 5.41) is 14.3. The molecule has 1 aromatic heterocycles. The summed E-state index contributed by atoms with van der Waals surface area (Å²) >= 11 is 2.53. The van der Waals surface area contributed by atoms with Crippen molar-refractivity contribution in [1.29, 1.82) is 0 Å². The molecular weight excluding hydrogens is 348 g/mol. The second kappa shape index (κ2) is 9.24. The van der Waals surface area contributed by atoms with Crippen molar-refractivity contribution in [3.8, 4) is 5.75 Å². The summed E-state index contributed by atoms with van der Waals surface area (Å²) < 4.78 is 5.45. The number of para-hydroxylation sites is 2. The number of carbonyl (C=O) groups excluding carboxylic acids is 2. The van der Waals surface area contributed by atoms with E-state index in [0.29, 0.717) is 23.2 Å². The van der Waals surface area contributed by atoms with Crippen molar-refractivity contribution in [3.63, 3.8) is 0 Å². The van der Waals surface area contributed by atoms with Crippen LogP contribution in [0.25, 0.3) is 0 Å². The monoisotopic (exact) mass is 366 g/mol. The normalized spacial score (nSPS) is 10.2. The molecule has 0 saturated carbocycles. The molecular formula is C15H18N4O3S2. The largest absolute Gasteiger partial charge is 0.492 e. The van der Waals surface area contributed by atoms with Gasteiger partial charge in [-0.2, -0.15) is 0 Å². The van der Waals surface area contributed by atoms with E-state index in [9.17, 15) is 9.59 Å². The second-order valence-electron chi connectivity index (χ2n) is 4.64. The third-order valence-corrected chi connectivity index (χ3v) is 4.39. The molecule has 0 aliphatic rings. The molecule has 0 aliphatic heterocycles. The maximum atomic E-state index is 12.0. The highest BCUT2D eigenvalue weighted by Gasteiger charge is 2.10. The quantitative estimate of drug-likeness (QED) is 0.746. The molecule has 2 amide bonds. The average molecular weight is 366 g/mol. The molecule has 1 heterocycles. The van der Waals surface area contributed by atoms with Crippen molar-refractivity contribution in [3.05, 3.63) is 29.3 Å². The molecule has 0 atom stereocenters. The van der Waals surface area contributed by atoms with Crippen LogP contribution in [0, 0.1) is 6.92 Å². The smallest absolute Gasteiger partial charge is 0.236 e. The maximum absolute atomic E-state index is 12.0. The van der Waals surface area contributed by atoms with Crippen molar-refractivity contribution in [1.82, 2.24) is 10.2 Å². The molecule has 7 nitrogen and oxygen atoms in total. The molecule has 0 unspecified atom stereocenters. The predicted molar refractivity (Wildman–Crippen MR) is 96.8 cm³/mol. The standard InChI is InChI=1S/C15H18N4O3S2/c1-3-22-12-7-5-4-6-11(12)16-13(20)8-23-9-14(21)17-15-19-18-10(2)24-15/h4-7H,3,8-9H2,1-2H3,(H,16,20)(H,17,19,21). The highest BCUT2D eigenvalue weighted by atomic mass is 32.2. The Morgan fingerprint density at radius 2 is 1.88 bits per heavy atom. The first-order valence-corrected chi connectivity index (χ1v) is 9.25. The molecule has 24 heavy (non-hydrogen) atoms. The number of rotatable bonds is 8.